The third kappa shape index (κ3) is 3.30. The summed E-state index contributed by atoms with van der Waals surface area (Å²) in [7, 11) is 0. The van der Waals surface area contributed by atoms with Gasteiger partial charge < -0.3 is 5.11 Å². The number of amides is 1. The fourth-order valence-corrected chi connectivity index (χ4v) is 3.89. The van der Waals surface area contributed by atoms with Crippen LogP contribution in [-0.2, 0) is 9.59 Å². The Balaban J connectivity index is 1.96. The normalized spacial score (nSPS) is 18.1. The molecule has 4 nitrogen and oxygen atoms in total. The molecule has 0 radical (unpaired) electrons. The molecule has 1 aliphatic rings. The summed E-state index contributed by atoms with van der Waals surface area (Å²) >= 11 is 0. The van der Waals surface area contributed by atoms with Gasteiger partial charge in [-0.3, -0.25) is 14.5 Å². The van der Waals surface area contributed by atoms with E-state index in [0.717, 1.165) is 22.3 Å². The van der Waals surface area contributed by atoms with Gasteiger partial charge in [-0.05, 0) is 55.7 Å². The molecule has 1 amide bonds. The number of carbonyl (C=O) groups is 2. The summed E-state index contributed by atoms with van der Waals surface area (Å²) in [6.07, 6.45) is 0. The summed E-state index contributed by atoms with van der Waals surface area (Å²) in [6, 6.07) is 21.6. The molecule has 1 heterocycles. The SMILES string of the molecule is Cc1cccc(C2/C(=C(/O)c3ccc(C)c(C)c3)C(=O)C(=O)N2c2ccccc2)c1. The molecular formula is C26H23NO3. The number of anilines is 1. The minimum Gasteiger partial charge on any atom is -0.507 e. The van der Waals surface area contributed by atoms with Gasteiger partial charge in [0.1, 0.15) is 5.76 Å². The number of hydrogen-bond donors (Lipinski definition) is 1. The van der Waals surface area contributed by atoms with Crippen LogP contribution in [-0.4, -0.2) is 16.8 Å². The molecule has 4 heteroatoms. The lowest BCUT2D eigenvalue weighted by molar-refractivity contribution is -0.132. The van der Waals surface area contributed by atoms with Gasteiger partial charge in [0.05, 0.1) is 11.6 Å². The Kier molecular flexibility index (Phi) is 5.00. The van der Waals surface area contributed by atoms with Crippen LogP contribution in [0.25, 0.3) is 5.76 Å². The van der Waals surface area contributed by atoms with Gasteiger partial charge in [0, 0.05) is 11.3 Å². The van der Waals surface area contributed by atoms with Crippen molar-refractivity contribution >= 4 is 23.1 Å². The summed E-state index contributed by atoms with van der Waals surface area (Å²) in [5, 5.41) is 11.2. The molecule has 3 aromatic rings. The predicted molar refractivity (Wildman–Crippen MR) is 118 cm³/mol. The maximum atomic E-state index is 13.1. The average Bonchev–Trinajstić information content (AvgIpc) is 3.01. The van der Waals surface area contributed by atoms with E-state index in [1.807, 2.05) is 75.4 Å². The van der Waals surface area contributed by atoms with Crippen molar-refractivity contribution in [1.82, 2.24) is 0 Å². The highest BCUT2D eigenvalue weighted by Crippen LogP contribution is 2.42. The molecule has 0 aliphatic carbocycles. The van der Waals surface area contributed by atoms with E-state index in [-0.39, 0.29) is 11.3 Å². The summed E-state index contributed by atoms with van der Waals surface area (Å²) in [6.45, 7) is 5.90. The average molecular weight is 397 g/mol. The Morgan fingerprint density at radius 3 is 2.23 bits per heavy atom. The molecule has 0 aromatic heterocycles. The molecule has 1 aliphatic heterocycles. The quantitative estimate of drug-likeness (QED) is 0.374. The predicted octanol–water partition coefficient (Wildman–Crippen LogP) is 5.24. The molecule has 4 rings (SSSR count). The van der Waals surface area contributed by atoms with E-state index in [1.54, 1.807) is 18.2 Å². The van der Waals surface area contributed by atoms with Crippen LogP contribution >= 0.6 is 0 Å². The Bertz CT molecular complexity index is 1180. The zero-order valence-corrected chi connectivity index (χ0v) is 17.2. The zero-order valence-electron chi connectivity index (χ0n) is 17.2. The van der Waals surface area contributed by atoms with Gasteiger partial charge in [0.15, 0.2) is 0 Å². The number of para-hydroxylation sites is 1. The molecule has 0 bridgehead atoms. The topological polar surface area (TPSA) is 57.6 Å². The number of Topliss-reactive ketones (excluding diaryl/α,β-unsaturated/α-hetero) is 1. The van der Waals surface area contributed by atoms with E-state index in [9.17, 15) is 14.7 Å². The van der Waals surface area contributed by atoms with Gasteiger partial charge >= 0.3 is 0 Å². The zero-order chi connectivity index (χ0) is 21.4. The molecule has 1 saturated heterocycles. The van der Waals surface area contributed by atoms with Gasteiger partial charge in [0.2, 0.25) is 0 Å². The second-order valence-electron chi connectivity index (χ2n) is 7.72. The van der Waals surface area contributed by atoms with Crippen LogP contribution in [0.3, 0.4) is 0 Å². The summed E-state index contributed by atoms with van der Waals surface area (Å²) in [5.74, 6) is -1.47. The van der Waals surface area contributed by atoms with Crippen LogP contribution in [0.4, 0.5) is 5.69 Å². The smallest absolute Gasteiger partial charge is 0.300 e. The van der Waals surface area contributed by atoms with Crippen LogP contribution in [0, 0.1) is 20.8 Å². The maximum Gasteiger partial charge on any atom is 0.300 e. The highest BCUT2D eigenvalue weighted by Gasteiger charge is 2.46. The monoisotopic (exact) mass is 397 g/mol. The Labute approximate surface area is 176 Å². The standard InChI is InChI=1S/C26H23NO3/c1-16-8-7-9-19(14-16)23-22(24(28)20-13-12-17(2)18(3)15-20)25(29)26(30)27(23)21-10-5-4-6-11-21/h4-15,23,28H,1-3H3/b24-22-. The number of rotatable bonds is 3. The van der Waals surface area contributed by atoms with Crippen LogP contribution in [0.1, 0.15) is 33.9 Å². The fraction of sp³-hybridized carbons (Fsp3) is 0.154. The van der Waals surface area contributed by atoms with Crippen LogP contribution in [0.15, 0.2) is 78.4 Å². The molecule has 0 saturated carbocycles. The number of aryl methyl sites for hydroxylation is 3. The molecule has 0 spiro atoms. The third-order valence-corrected chi connectivity index (χ3v) is 5.62. The highest BCUT2D eigenvalue weighted by molar-refractivity contribution is 6.51. The van der Waals surface area contributed by atoms with Crippen LogP contribution < -0.4 is 4.90 Å². The van der Waals surface area contributed by atoms with Gasteiger partial charge in [-0.1, -0.05) is 60.2 Å². The van der Waals surface area contributed by atoms with Crippen molar-refractivity contribution < 1.29 is 14.7 Å². The van der Waals surface area contributed by atoms with Crippen molar-refractivity contribution in [2.75, 3.05) is 4.90 Å². The first-order valence-electron chi connectivity index (χ1n) is 9.88. The van der Waals surface area contributed by atoms with Gasteiger partial charge in [0.25, 0.3) is 11.7 Å². The van der Waals surface area contributed by atoms with Crippen molar-refractivity contribution in [1.29, 1.82) is 0 Å². The molecule has 1 unspecified atom stereocenters. The molecule has 30 heavy (non-hydrogen) atoms. The Morgan fingerprint density at radius 2 is 1.57 bits per heavy atom. The Hall–Kier alpha value is -3.66. The summed E-state index contributed by atoms with van der Waals surface area (Å²) in [5.41, 5.74) is 5.14. The van der Waals surface area contributed by atoms with Gasteiger partial charge in [-0.15, -0.1) is 0 Å². The number of ketones is 1. The van der Waals surface area contributed by atoms with Crippen molar-refractivity contribution in [3.63, 3.8) is 0 Å². The second kappa shape index (κ2) is 7.64. The first kappa shape index (κ1) is 19.6. The second-order valence-corrected chi connectivity index (χ2v) is 7.72. The molecule has 1 fully saturated rings. The molecule has 1 atom stereocenters. The van der Waals surface area contributed by atoms with E-state index in [4.69, 9.17) is 0 Å². The number of hydrogen-bond acceptors (Lipinski definition) is 3. The van der Waals surface area contributed by atoms with E-state index < -0.39 is 17.7 Å². The van der Waals surface area contributed by atoms with Crippen molar-refractivity contribution in [2.24, 2.45) is 0 Å². The first-order chi connectivity index (χ1) is 14.4. The highest BCUT2D eigenvalue weighted by atomic mass is 16.3. The van der Waals surface area contributed by atoms with E-state index in [0.29, 0.717) is 11.3 Å². The summed E-state index contributed by atoms with van der Waals surface area (Å²) in [4.78, 5) is 27.7. The number of carbonyl (C=O) groups excluding carboxylic acids is 2. The van der Waals surface area contributed by atoms with E-state index in [1.165, 1.54) is 4.90 Å². The third-order valence-electron chi connectivity index (χ3n) is 5.62. The minimum atomic E-state index is -0.700. The fourth-order valence-electron chi connectivity index (χ4n) is 3.89. The van der Waals surface area contributed by atoms with Gasteiger partial charge in [-0.2, -0.15) is 0 Å². The number of benzene rings is 3. The first-order valence-corrected chi connectivity index (χ1v) is 9.88. The lowest BCUT2D eigenvalue weighted by Crippen LogP contribution is -2.29. The maximum absolute atomic E-state index is 13.1. The van der Waals surface area contributed by atoms with E-state index >= 15 is 0 Å². The number of aliphatic hydroxyl groups excluding tert-OH is 1. The molecule has 3 aromatic carbocycles. The number of aliphatic hydroxyl groups is 1. The minimum absolute atomic E-state index is 0.109. The molecule has 150 valence electrons. The van der Waals surface area contributed by atoms with Gasteiger partial charge in [-0.25, -0.2) is 0 Å². The van der Waals surface area contributed by atoms with Crippen LogP contribution in [0.2, 0.25) is 0 Å². The lowest BCUT2D eigenvalue weighted by atomic mass is 9.93. The lowest BCUT2D eigenvalue weighted by Gasteiger charge is -2.25. The molecular weight excluding hydrogens is 374 g/mol. The Morgan fingerprint density at radius 1 is 0.833 bits per heavy atom. The molecule has 1 N–H and O–H groups in total. The van der Waals surface area contributed by atoms with Crippen molar-refractivity contribution in [3.8, 4) is 0 Å². The van der Waals surface area contributed by atoms with E-state index in [2.05, 4.69) is 0 Å². The summed E-state index contributed by atoms with van der Waals surface area (Å²) < 4.78 is 0. The number of nitrogens with zero attached hydrogens (tertiary/aromatic N) is 1. The van der Waals surface area contributed by atoms with Crippen molar-refractivity contribution in [3.05, 3.63) is 106 Å². The largest absolute Gasteiger partial charge is 0.507 e. The van der Waals surface area contributed by atoms with Crippen LogP contribution in [0.5, 0.6) is 0 Å². The van der Waals surface area contributed by atoms with Crippen molar-refractivity contribution in [2.45, 2.75) is 26.8 Å².